The number of carbonyl (C=O) groups is 1. The van der Waals surface area contributed by atoms with Gasteiger partial charge in [-0.05, 0) is 30.6 Å². The summed E-state index contributed by atoms with van der Waals surface area (Å²) in [5, 5.41) is 5.15. The minimum atomic E-state index is -4.01. The summed E-state index contributed by atoms with van der Waals surface area (Å²) in [4.78, 5) is 11.4. The molecule has 1 fully saturated rings. The number of amides is 2. The third-order valence-corrected chi connectivity index (χ3v) is 3.79. The molecule has 0 aliphatic heterocycles. The highest BCUT2D eigenvalue weighted by Gasteiger charge is 2.42. The number of hydrogen-bond donors (Lipinski definition) is 3. The first-order valence-corrected chi connectivity index (χ1v) is 7.80. The Morgan fingerprint density at radius 3 is 2.39 bits per heavy atom. The number of rotatable bonds is 7. The summed E-state index contributed by atoms with van der Waals surface area (Å²) in [5.41, 5.74) is 0.245. The molecule has 0 saturated heterocycles. The Bertz CT molecular complexity index is 388. The lowest BCUT2D eigenvalue weighted by atomic mass is 9.94. The zero-order chi connectivity index (χ0) is 13.8. The lowest BCUT2D eigenvalue weighted by Crippen LogP contribution is -2.40. The van der Waals surface area contributed by atoms with Crippen molar-refractivity contribution in [3.05, 3.63) is 0 Å². The van der Waals surface area contributed by atoms with Crippen molar-refractivity contribution in [2.75, 3.05) is 18.8 Å². The first-order chi connectivity index (χ1) is 8.22. The molecule has 0 aromatic rings. The number of hydrogen-bond acceptors (Lipinski definition) is 3. The van der Waals surface area contributed by atoms with Gasteiger partial charge in [-0.2, -0.15) is 8.42 Å². The van der Waals surface area contributed by atoms with Crippen LogP contribution in [0.5, 0.6) is 0 Å². The first kappa shape index (κ1) is 15.2. The highest BCUT2D eigenvalue weighted by atomic mass is 32.2. The molecular weight excluding hydrogens is 256 g/mol. The molecule has 1 rings (SSSR count). The zero-order valence-electron chi connectivity index (χ0n) is 10.9. The van der Waals surface area contributed by atoms with Crippen molar-refractivity contribution in [3.63, 3.8) is 0 Å². The van der Waals surface area contributed by atoms with Crippen LogP contribution in [0.15, 0.2) is 0 Å². The minimum Gasteiger partial charge on any atom is -0.338 e. The standard InChI is InChI=1S/C11H22N2O4S/c1-9(2)7-11(3-4-11)8-13-10(14)12-5-6-18(15,16)17/h9H,3-8H2,1-2H3,(H2,12,13,14)(H,15,16,17). The molecule has 0 unspecified atom stereocenters. The molecule has 6 nitrogen and oxygen atoms in total. The summed E-state index contributed by atoms with van der Waals surface area (Å²) in [6, 6.07) is -0.381. The van der Waals surface area contributed by atoms with Crippen molar-refractivity contribution in [2.45, 2.75) is 33.1 Å². The predicted octanol–water partition coefficient (Wildman–Crippen LogP) is 1.000. The topological polar surface area (TPSA) is 95.5 Å². The van der Waals surface area contributed by atoms with E-state index in [0.717, 1.165) is 19.3 Å². The normalized spacial score (nSPS) is 17.6. The van der Waals surface area contributed by atoms with Crippen molar-refractivity contribution >= 4 is 16.1 Å². The molecule has 1 saturated carbocycles. The molecule has 3 N–H and O–H groups in total. The van der Waals surface area contributed by atoms with E-state index >= 15 is 0 Å². The quantitative estimate of drug-likeness (QED) is 0.605. The van der Waals surface area contributed by atoms with Crippen LogP contribution in [0.1, 0.15) is 33.1 Å². The second-order valence-electron chi connectivity index (χ2n) is 5.49. The second-order valence-corrected chi connectivity index (χ2v) is 7.07. The van der Waals surface area contributed by atoms with Gasteiger partial charge >= 0.3 is 6.03 Å². The van der Waals surface area contributed by atoms with Crippen LogP contribution in [0.4, 0.5) is 4.79 Å². The fourth-order valence-corrected chi connectivity index (χ4v) is 2.48. The summed E-state index contributed by atoms with van der Waals surface area (Å²) in [7, 11) is -4.01. The molecule has 18 heavy (non-hydrogen) atoms. The molecular formula is C11H22N2O4S. The van der Waals surface area contributed by atoms with E-state index in [-0.39, 0.29) is 18.0 Å². The fraction of sp³-hybridized carbons (Fsp3) is 0.909. The van der Waals surface area contributed by atoms with E-state index in [1.165, 1.54) is 0 Å². The van der Waals surface area contributed by atoms with E-state index in [9.17, 15) is 13.2 Å². The number of urea groups is 1. The Morgan fingerprint density at radius 2 is 1.94 bits per heavy atom. The monoisotopic (exact) mass is 278 g/mol. The highest BCUT2D eigenvalue weighted by molar-refractivity contribution is 7.85. The Hall–Kier alpha value is -0.820. The van der Waals surface area contributed by atoms with Crippen molar-refractivity contribution < 1.29 is 17.8 Å². The molecule has 0 spiro atoms. The van der Waals surface area contributed by atoms with Crippen LogP contribution in [-0.2, 0) is 10.1 Å². The molecule has 0 radical (unpaired) electrons. The van der Waals surface area contributed by atoms with Gasteiger partial charge in [0, 0.05) is 13.1 Å². The van der Waals surface area contributed by atoms with Crippen LogP contribution in [-0.4, -0.2) is 37.8 Å². The van der Waals surface area contributed by atoms with Gasteiger partial charge in [0.2, 0.25) is 0 Å². The van der Waals surface area contributed by atoms with E-state index in [1.807, 2.05) is 0 Å². The fourth-order valence-electron chi connectivity index (χ4n) is 2.12. The van der Waals surface area contributed by atoms with Crippen LogP contribution < -0.4 is 10.6 Å². The number of carbonyl (C=O) groups excluding carboxylic acids is 1. The van der Waals surface area contributed by atoms with Crippen LogP contribution in [0.2, 0.25) is 0 Å². The lowest BCUT2D eigenvalue weighted by Gasteiger charge is -2.18. The molecule has 0 atom stereocenters. The van der Waals surface area contributed by atoms with Gasteiger partial charge in [0.25, 0.3) is 10.1 Å². The third-order valence-electron chi connectivity index (χ3n) is 3.07. The Morgan fingerprint density at radius 1 is 1.33 bits per heavy atom. The van der Waals surface area contributed by atoms with Crippen molar-refractivity contribution in [1.29, 1.82) is 0 Å². The highest BCUT2D eigenvalue weighted by Crippen LogP contribution is 2.49. The minimum absolute atomic E-state index is 0.0815. The zero-order valence-corrected chi connectivity index (χ0v) is 11.7. The van der Waals surface area contributed by atoms with Crippen LogP contribution in [0.25, 0.3) is 0 Å². The summed E-state index contributed by atoms with van der Waals surface area (Å²) in [6.45, 7) is 4.86. The smallest absolute Gasteiger partial charge is 0.314 e. The Balaban J connectivity index is 2.18. The molecule has 2 amide bonds. The van der Waals surface area contributed by atoms with E-state index in [2.05, 4.69) is 24.5 Å². The maximum Gasteiger partial charge on any atom is 0.314 e. The number of nitrogens with one attached hydrogen (secondary N) is 2. The summed E-state index contributed by atoms with van der Waals surface area (Å²) in [5.74, 6) is 0.147. The molecule has 1 aliphatic carbocycles. The van der Waals surface area contributed by atoms with E-state index < -0.39 is 15.9 Å². The Labute approximate surface area is 108 Å². The molecule has 0 aromatic heterocycles. The molecule has 1 aliphatic rings. The second kappa shape index (κ2) is 5.88. The van der Waals surface area contributed by atoms with Crippen LogP contribution in [0.3, 0.4) is 0 Å². The van der Waals surface area contributed by atoms with Crippen molar-refractivity contribution in [1.82, 2.24) is 10.6 Å². The average Bonchev–Trinajstić information content (AvgIpc) is 2.92. The Kier molecular flexibility index (Phi) is 4.98. The van der Waals surface area contributed by atoms with Crippen LogP contribution >= 0.6 is 0 Å². The molecule has 0 bridgehead atoms. The van der Waals surface area contributed by atoms with Gasteiger partial charge in [-0.1, -0.05) is 13.8 Å². The molecule has 7 heteroatoms. The van der Waals surface area contributed by atoms with Crippen LogP contribution in [0, 0.1) is 11.3 Å². The van der Waals surface area contributed by atoms with E-state index in [4.69, 9.17) is 4.55 Å². The molecule has 0 heterocycles. The largest absolute Gasteiger partial charge is 0.338 e. The summed E-state index contributed by atoms with van der Waals surface area (Å²) < 4.78 is 29.4. The molecule has 106 valence electrons. The third kappa shape index (κ3) is 6.20. The molecule has 0 aromatic carbocycles. The maximum atomic E-state index is 11.4. The first-order valence-electron chi connectivity index (χ1n) is 6.19. The lowest BCUT2D eigenvalue weighted by molar-refractivity contribution is 0.237. The van der Waals surface area contributed by atoms with Gasteiger partial charge in [0.05, 0.1) is 5.75 Å². The maximum absolute atomic E-state index is 11.4. The van der Waals surface area contributed by atoms with Gasteiger partial charge < -0.3 is 10.6 Å². The van der Waals surface area contributed by atoms with E-state index in [0.29, 0.717) is 12.5 Å². The van der Waals surface area contributed by atoms with Gasteiger partial charge in [0.15, 0.2) is 0 Å². The van der Waals surface area contributed by atoms with Gasteiger partial charge in [0.1, 0.15) is 0 Å². The predicted molar refractivity (Wildman–Crippen MR) is 68.9 cm³/mol. The SMILES string of the molecule is CC(C)CC1(CNC(=O)NCCS(=O)(=O)O)CC1. The van der Waals surface area contributed by atoms with Gasteiger partial charge in [-0.25, -0.2) is 4.79 Å². The average molecular weight is 278 g/mol. The van der Waals surface area contributed by atoms with Crippen molar-refractivity contribution in [3.8, 4) is 0 Å². The summed E-state index contributed by atoms with van der Waals surface area (Å²) in [6.07, 6.45) is 3.37. The van der Waals surface area contributed by atoms with Gasteiger partial charge in [-0.15, -0.1) is 0 Å². The van der Waals surface area contributed by atoms with E-state index in [1.54, 1.807) is 0 Å². The van der Waals surface area contributed by atoms with Gasteiger partial charge in [-0.3, -0.25) is 4.55 Å². The summed E-state index contributed by atoms with van der Waals surface area (Å²) >= 11 is 0. The van der Waals surface area contributed by atoms with Crippen molar-refractivity contribution in [2.24, 2.45) is 11.3 Å².